The fourth-order valence-corrected chi connectivity index (χ4v) is 1.48. The van der Waals surface area contributed by atoms with Crippen molar-refractivity contribution in [1.29, 1.82) is 0 Å². The first-order valence-corrected chi connectivity index (χ1v) is 4.55. The zero-order valence-corrected chi connectivity index (χ0v) is 8.21. The molecule has 0 heterocycles. The molecule has 1 aromatic rings. The van der Waals surface area contributed by atoms with Gasteiger partial charge < -0.3 is 5.73 Å². The molecule has 0 aliphatic heterocycles. The van der Waals surface area contributed by atoms with Crippen LogP contribution in [-0.4, -0.2) is 5.91 Å². The standard InChI is InChI=1S/C10H12ClNO/c1-7(11)9-5-3-2-4-8(9)6-10(12)13/h2-5,7H,6H2,1H3,(H2,12,13). The molecular weight excluding hydrogens is 186 g/mol. The van der Waals surface area contributed by atoms with Gasteiger partial charge in [-0.15, -0.1) is 11.6 Å². The molecule has 1 amide bonds. The lowest BCUT2D eigenvalue weighted by atomic mass is 10.0. The van der Waals surface area contributed by atoms with Gasteiger partial charge in [0.25, 0.3) is 0 Å². The van der Waals surface area contributed by atoms with Crippen LogP contribution >= 0.6 is 11.6 Å². The van der Waals surface area contributed by atoms with Crippen LogP contribution in [0.25, 0.3) is 0 Å². The number of primary amides is 1. The molecule has 0 saturated heterocycles. The Balaban J connectivity index is 2.97. The Morgan fingerprint density at radius 1 is 1.54 bits per heavy atom. The van der Waals surface area contributed by atoms with Crippen LogP contribution < -0.4 is 5.73 Å². The number of amides is 1. The Kier molecular flexibility index (Phi) is 3.32. The molecule has 2 N–H and O–H groups in total. The monoisotopic (exact) mass is 197 g/mol. The third-order valence-electron chi connectivity index (χ3n) is 1.85. The molecule has 13 heavy (non-hydrogen) atoms. The number of alkyl halides is 1. The van der Waals surface area contributed by atoms with E-state index >= 15 is 0 Å². The average molecular weight is 198 g/mol. The molecule has 70 valence electrons. The summed E-state index contributed by atoms with van der Waals surface area (Å²) in [5, 5.41) is -0.0875. The van der Waals surface area contributed by atoms with E-state index in [1.165, 1.54) is 0 Å². The predicted octanol–water partition coefficient (Wildman–Crippen LogP) is 2.01. The Bertz CT molecular complexity index is 310. The van der Waals surface area contributed by atoms with Gasteiger partial charge in [-0.3, -0.25) is 4.79 Å². The Morgan fingerprint density at radius 3 is 2.69 bits per heavy atom. The zero-order chi connectivity index (χ0) is 9.84. The molecule has 0 bridgehead atoms. The van der Waals surface area contributed by atoms with Crippen LogP contribution in [0.4, 0.5) is 0 Å². The molecule has 0 saturated carbocycles. The van der Waals surface area contributed by atoms with Crippen LogP contribution in [0.3, 0.4) is 0 Å². The minimum atomic E-state index is -0.329. The predicted molar refractivity (Wildman–Crippen MR) is 53.6 cm³/mol. The fourth-order valence-electron chi connectivity index (χ4n) is 1.27. The number of nitrogens with two attached hydrogens (primary N) is 1. The Morgan fingerprint density at radius 2 is 2.15 bits per heavy atom. The van der Waals surface area contributed by atoms with Crippen molar-refractivity contribution in [2.45, 2.75) is 18.7 Å². The number of carbonyl (C=O) groups is 1. The van der Waals surface area contributed by atoms with E-state index in [2.05, 4.69) is 0 Å². The molecule has 1 atom stereocenters. The smallest absolute Gasteiger partial charge is 0.221 e. The summed E-state index contributed by atoms with van der Waals surface area (Å²) < 4.78 is 0. The maximum absolute atomic E-state index is 10.7. The quantitative estimate of drug-likeness (QED) is 0.741. The number of hydrogen-bond acceptors (Lipinski definition) is 1. The molecule has 0 aliphatic carbocycles. The van der Waals surface area contributed by atoms with E-state index in [-0.39, 0.29) is 17.7 Å². The van der Waals surface area contributed by atoms with Gasteiger partial charge >= 0.3 is 0 Å². The van der Waals surface area contributed by atoms with Gasteiger partial charge in [-0.2, -0.15) is 0 Å². The molecule has 0 aromatic heterocycles. The molecule has 3 heteroatoms. The van der Waals surface area contributed by atoms with Gasteiger partial charge in [0.05, 0.1) is 11.8 Å². The van der Waals surface area contributed by atoms with E-state index in [4.69, 9.17) is 17.3 Å². The lowest BCUT2D eigenvalue weighted by Gasteiger charge is -2.08. The van der Waals surface area contributed by atoms with E-state index in [1.807, 2.05) is 31.2 Å². The second-order valence-electron chi connectivity index (χ2n) is 2.96. The van der Waals surface area contributed by atoms with Crippen LogP contribution in [-0.2, 0) is 11.2 Å². The first kappa shape index (κ1) is 10.1. The van der Waals surface area contributed by atoms with Gasteiger partial charge in [-0.25, -0.2) is 0 Å². The molecule has 1 rings (SSSR count). The van der Waals surface area contributed by atoms with E-state index in [0.717, 1.165) is 11.1 Å². The summed E-state index contributed by atoms with van der Waals surface area (Å²) in [6, 6.07) is 7.56. The summed E-state index contributed by atoms with van der Waals surface area (Å²) in [5.74, 6) is -0.329. The molecular formula is C10H12ClNO. The summed E-state index contributed by atoms with van der Waals surface area (Å²) >= 11 is 5.94. The first-order chi connectivity index (χ1) is 6.11. The minimum absolute atomic E-state index is 0.0875. The van der Waals surface area contributed by atoms with E-state index in [0.29, 0.717) is 0 Å². The highest BCUT2D eigenvalue weighted by molar-refractivity contribution is 6.20. The summed E-state index contributed by atoms with van der Waals surface area (Å²) in [7, 11) is 0. The van der Waals surface area contributed by atoms with E-state index in [9.17, 15) is 4.79 Å². The molecule has 0 aliphatic rings. The molecule has 0 spiro atoms. The largest absolute Gasteiger partial charge is 0.369 e. The Labute approximate surface area is 82.7 Å². The minimum Gasteiger partial charge on any atom is -0.369 e. The van der Waals surface area contributed by atoms with Crippen molar-refractivity contribution in [3.8, 4) is 0 Å². The van der Waals surface area contributed by atoms with Crippen molar-refractivity contribution in [1.82, 2.24) is 0 Å². The Hall–Kier alpha value is -1.02. The molecule has 0 radical (unpaired) electrons. The van der Waals surface area contributed by atoms with E-state index in [1.54, 1.807) is 0 Å². The number of halogens is 1. The van der Waals surface area contributed by atoms with Crippen LogP contribution in [0.5, 0.6) is 0 Å². The van der Waals surface area contributed by atoms with E-state index < -0.39 is 0 Å². The van der Waals surface area contributed by atoms with Crippen molar-refractivity contribution in [3.63, 3.8) is 0 Å². The van der Waals surface area contributed by atoms with Crippen molar-refractivity contribution in [3.05, 3.63) is 35.4 Å². The summed E-state index contributed by atoms with van der Waals surface area (Å²) in [6.07, 6.45) is 0.257. The SMILES string of the molecule is CC(Cl)c1ccccc1CC(N)=O. The highest BCUT2D eigenvalue weighted by Gasteiger charge is 2.08. The van der Waals surface area contributed by atoms with Gasteiger partial charge in [0.1, 0.15) is 0 Å². The van der Waals surface area contributed by atoms with Gasteiger partial charge in [-0.05, 0) is 18.1 Å². The third kappa shape index (κ3) is 2.74. The van der Waals surface area contributed by atoms with Crippen molar-refractivity contribution < 1.29 is 4.79 Å². The average Bonchev–Trinajstić information content (AvgIpc) is 2.03. The first-order valence-electron chi connectivity index (χ1n) is 4.11. The number of carbonyl (C=O) groups excluding carboxylic acids is 1. The zero-order valence-electron chi connectivity index (χ0n) is 7.46. The topological polar surface area (TPSA) is 43.1 Å². The summed E-state index contributed by atoms with van der Waals surface area (Å²) in [4.78, 5) is 10.7. The highest BCUT2D eigenvalue weighted by Crippen LogP contribution is 2.23. The maximum Gasteiger partial charge on any atom is 0.221 e. The van der Waals surface area contributed by atoms with Crippen LogP contribution in [0, 0.1) is 0 Å². The maximum atomic E-state index is 10.7. The molecule has 2 nitrogen and oxygen atoms in total. The highest BCUT2D eigenvalue weighted by atomic mass is 35.5. The number of hydrogen-bond donors (Lipinski definition) is 1. The molecule has 0 fully saturated rings. The third-order valence-corrected chi connectivity index (χ3v) is 2.08. The summed E-state index contributed by atoms with van der Waals surface area (Å²) in [6.45, 7) is 1.88. The number of benzene rings is 1. The van der Waals surface area contributed by atoms with Crippen molar-refractivity contribution in [2.75, 3.05) is 0 Å². The lowest BCUT2D eigenvalue weighted by Crippen LogP contribution is -2.14. The molecule has 1 unspecified atom stereocenters. The second-order valence-corrected chi connectivity index (χ2v) is 3.61. The fraction of sp³-hybridized carbons (Fsp3) is 0.300. The van der Waals surface area contributed by atoms with Gasteiger partial charge in [0.15, 0.2) is 0 Å². The van der Waals surface area contributed by atoms with Crippen molar-refractivity contribution >= 4 is 17.5 Å². The van der Waals surface area contributed by atoms with Crippen molar-refractivity contribution in [2.24, 2.45) is 5.73 Å². The van der Waals surface area contributed by atoms with Gasteiger partial charge in [-0.1, -0.05) is 24.3 Å². The lowest BCUT2D eigenvalue weighted by molar-refractivity contribution is -0.117. The van der Waals surface area contributed by atoms with Gasteiger partial charge in [0, 0.05) is 0 Å². The second kappa shape index (κ2) is 4.28. The summed E-state index contributed by atoms with van der Waals surface area (Å²) in [5.41, 5.74) is 7.00. The normalized spacial score (nSPS) is 12.5. The van der Waals surface area contributed by atoms with Crippen LogP contribution in [0.1, 0.15) is 23.4 Å². The van der Waals surface area contributed by atoms with Crippen LogP contribution in [0.15, 0.2) is 24.3 Å². The van der Waals surface area contributed by atoms with Crippen LogP contribution in [0.2, 0.25) is 0 Å². The molecule has 1 aromatic carbocycles. The van der Waals surface area contributed by atoms with Gasteiger partial charge in [0.2, 0.25) is 5.91 Å². The number of rotatable bonds is 3.